The Kier molecular flexibility index (Phi) is 6.53. The number of esters is 1. The minimum atomic E-state index is -0.497. The van der Waals surface area contributed by atoms with Gasteiger partial charge in [0, 0.05) is 35.8 Å². The van der Waals surface area contributed by atoms with Gasteiger partial charge in [0.2, 0.25) is 5.95 Å². The van der Waals surface area contributed by atoms with Crippen molar-refractivity contribution in [1.82, 2.24) is 19.9 Å². The third-order valence-electron chi connectivity index (χ3n) is 4.51. The molecule has 0 unspecified atom stereocenters. The molecule has 0 aliphatic carbocycles. The van der Waals surface area contributed by atoms with E-state index in [2.05, 4.69) is 30.5 Å². The molecule has 2 aromatic heterocycles. The lowest BCUT2D eigenvalue weighted by Crippen LogP contribution is -2.37. The quantitative estimate of drug-likeness (QED) is 0.314. The number of nitrogens with one attached hydrogen (secondary N) is 2. The van der Waals surface area contributed by atoms with Crippen LogP contribution in [0.4, 0.5) is 11.9 Å². The van der Waals surface area contributed by atoms with E-state index in [1.54, 1.807) is 13.1 Å². The predicted molar refractivity (Wildman–Crippen MR) is 115 cm³/mol. The summed E-state index contributed by atoms with van der Waals surface area (Å²) in [5, 5.41) is 5.30. The number of para-hydroxylation sites is 1. The zero-order valence-corrected chi connectivity index (χ0v) is 17.1. The number of anilines is 2. The fraction of sp³-hybridized carbons (Fsp3) is 0.350. The van der Waals surface area contributed by atoms with Gasteiger partial charge in [-0.25, -0.2) is 10.2 Å². The van der Waals surface area contributed by atoms with Crippen LogP contribution < -0.4 is 15.1 Å². The van der Waals surface area contributed by atoms with E-state index < -0.39 is 5.97 Å². The summed E-state index contributed by atoms with van der Waals surface area (Å²) < 4.78 is 15.7. The molecule has 1 aliphatic heterocycles. The van der Waals surface area contributed by atoms with Gasteiger partial charge in [0.1, 0.15) is 0 Å². The Labute approximate surface area is 178 Å². The molecule has 0 spiro atoms. The molecule has 11 nitrogen and oxygen atoms in total. The van der Waals surface area contributed by atoms with E-state index in [1.165, 1.54) is 0 Å². The molecule has 4 rings (SSSR count). The number of hydrazone groups is 1. The van der Waals surface area contributed by atoms with Gasteiger partial charge in [-0.3, -0.25) is 0 Å². The van der Waals surface area contributed by atoms with Gasteiger partial charge in [0.15, 0.2) is 6.61 Å². The molecule has 0 atom stereocenters. The number of nitrogens with zero attached hydrogens (tertiary/aromatic N) is 5. The van der Waals surface area contributed by atoms with E-state index in [4.69, 9.17) is 14.2 Å². The van der Waals surface area contributed by atoms with Crippen molar-refractivity contribution in [3.05, 3.63) is 36.0 Å². The Hall–Kier alpha value is -3.73. The van der Waals surface area contributed by atoms with Gasteiger partial charge >= 0.3 is 12.0 Å². The van der Waals surface area contributed by atoms with E-state index in [9.17, 15) is 4.79 Å². The highest BCUT2D eigenvalue weighted by Gasteiger charge is 2.18. The number of H-pyrrole nitrogens is 1. The molecule has 0 bridgehead atoms. The molecule has 0 saturated carbocycles. The van der Waals surface area contributed by atoms with Crippen LogP contribution in [0.2, 0.25) is 0 Å². The Bertz CT molecular complexity index is 1060. The number of ether oxygens (including phenoxy) is 3. The molecule has 3 heterocycles. The maximum atomic E-state index is 11.6. The SMILES string of the molecule is CCOC(=O)COc1nc(N/N=C/c2c[nH]c3ccccc23)nc(N2CCOCC2)n1. The maximum Gasteiger partial charge on any atom is 0.344 e. The number of carbonyl (C=O) groups excluding carboxylic acids is 1. The molecule has 11 heteroatoms. The number of hydrogen-bond donors (Lipinski definition) is 2. The Morgan fingerprint density at radius 1 is 1.29 bits per heavy atom. The van der Waals surface area contributed by atoms with Crippen LogP contribution in [0, 0.1) is 0 Å². The fourth-order valence-electron chi connectivity index (χ4n) is 3.05. The third-order valence-corrected chi connectivity index (χ3v) is 4.51. The minimum Gasteiger partial charge on any atom is -0.463 e. The highest BCUT2D eigenvalue weighted by molar-refractivity contribution is 5.99. The Balaban J connectivity index is 1.51. The molecule has 1 saturated heterocycles. The van der Waals surface area contributed by atoms with Crippen molar-refractivity contribution in [3.63, 3.8) is 0 Å². The van der Waals surface area contributed by atoms with Crippen molar-refractivity contribution in [2.45, 2.75) is 6.92 Å². The fourth-order valence-corrected chi connectivity index (χ4v) is 3.05. The molecular weight excluding hydrogens is 402 g/mol. The first kappa shape index (κ1) is 20.5. The average molecular weight is 425 g/mol. The van der Waals surface area contributed by atoms with Gasteiger partial charge < -0.3 is 24.1 Å². The first-order chi connectivity index (χ1) is 15.2. The van der Waals surface area contributed by atoms with E-state index in [0.717, 1.165) is 16.5 Å². The summed E-state index contributed by atoms with van der Waals surface area (Å²) in [5.74, 6) is 0.121. The van der Waals surface area contributed by atoms with E-state index in [-0.39, 0.29) is 25.2 Å². The largest absolute Gasteiger partial charge is 0.463 e. The van der Waals surface area contributed by atoms with Crippen molar-refractivity contribution >= 4 is 35.0 Å². The normalized spacial score (nSPS) is 14.2. The number of rotatable bonds is 8. The molecule has 162 valence electrons. The lowest BCUT2D eigenvalue weighted by atomic mass is 10.2. The predicted octanol–water partition coefficient (Wildman–Crippen LogP) is 1.58. The molecule has 0 radical (unpaired) electrons. The zero-order valence-electron chi connectivity index (χ0n) is 17.1. The Morgan fingerprint density at radius 3 is 2.97 bits per heavy atom. The second kappa shape index (κ2) is 9.85. The summed E-state index contributed by atoms with van der Waals surface area (Å²) in [4.78, 5) is 29.7. The van der Waals surface area contributed by atoms with Crippen LogP contribution in [0.3, 0.4) is 0 Å². The lowest BCUT2D eigenvalue weighted by Gasteiger charge is -2.26. The van der Waals surface area contributed by atoms with E-state index in [0.29, 0.717) is 32.3 Å². The van der Waals surface area contributed by atoms with Crippen LogP contribution in [0.25, 0.3) is 10.9 Å². The topological polar surface area (TPSA) is 127 Å². The molecular formula is C20H23N7O4. The maximum absolute atomic E-state index is 11.6. The number of morpholine rings is 1. The number of fused-ring (bicyclic) bond motifs is 1. The number of hydrogen-bond acceptors (Lipinski definition) is 10. The molecule has 0 amide bonds. The monoisotopic (exact) mass is 425 g/mol. The van der Waals surface area contributed by atoms with Crippen LogP contribution in [0.5, 0.6) is 6.01 Å². The third kappa shape index (κ3) is 5.25. The summed E-state index contributed by atoms with van der Waals surface area (Å²) in [6.45, 7) is 4.13. The Morgan fingerprint density at radius 2 is 2.13 bits per heavy atom. The van der Waals surface area contributed by atoms with Gasteiger partial charge in [-0.15, -0.1) is 0 Å². The van der Waals surface area contributed by atoms with Gasteiger partial charge in [-0.1, -0.05) is 18.2 Å². The van der Waals surface area contributed by atoms with E-state index in [1.807, 2.05) is 35.4 Å². The van der Waals surface area contributed by atoms with Crippen molar-refractivity contribution in [2.24, 2.45) is 5.10 Å². The van der Waals surface area contributed by atoms with Crippen molar-refractivity contribution in [2.75, 3.05) is 49.8 Å². The highest BCUT2D eigenvalue weighted by Crippen LogP contribution is 2.18. The smallest absolute Gasteiger partial charge is 0.344 e. The van der Waals surface area contributed by atoms with Gasteiger partial charge in [-0.2, -0.15) is 20.1 Å². The molecule has 1 aromatic carbocycles. The van der Waals surface area contributed by atoms with Gasteiger partial charge in [0.25, 0.3) is 5.95 Å². The summed E-state index contributed by atoms with van der Waals surface area (Å²) >= 11 is 0. The van der Waals surface area contributed by atoms with Crippen molar-refractivity contribution in [3.8, 4) is 6.01 Å². The number of carbonyl (C=O) groups is 1. The van der Waals surface area contributed by atoms with Gasteiger partial charge in [-0.05, 0) is 13.0 Å². The van der Waals surface area contributed by atoms with Crippen LogP contribution in [0.1, 0.15) is 12.5 Å². The molecule has 2 N–H and O–H groups in total. The summed E-state index contributed by atoms with van der Waals surface area (Å²) in [5.41, 5.74) is 4.76. The second-order valence-electron chi connectivity index (χ2n) is 6.59. The molecule has 1 fully saturated rings. The van der Waals surface area contributed by atoms with Crippen molar-refractivity contribution in [1.29, 1.82) is 0 Å². The number of aromatic amines is 1. The first-order valence-electron chi connectivity index (χ1n) is 9.95. The molecule has 3 aromatic rings. The number of aromatic nitrogens is 4. The molecule has 1 aliphatic rings. The summed E-state index contributed by atoms with van der Waals surface area (Å²) in [6.07, 6.45) is 3.55. The lowest BCUT2D eigenvalue weighted by molar-refractivity contribution is -0.145. The summed E-state index contributed by atoms with van der Waals surface area (Å²) in [7, 11) is 0. The van der Waals surface area contributed by atoms with Gasteiger partial charge in [0.05, 0.1) is 26.0 Å². The van der Waals surface area contributed by atoms with Crippen LogP contribution in [0.15, 0.2) is 35.6 Å². The van der Waals surface area contributed by atoms with E-state index >= 15 is 0 Å². The van der Waals surface area contributed by atoms with Crippen molar-refractivity contribution < 1.29 is 19.0 Å². The van der Waals surface area contributed by atoms with Crippen LogP contribution in [-0.4, -0.2) is 71.6 Å². The average Bonchev–Trinajstić information content (AvgIpc) is 3.22. The zero-order chi connectivity index (χ0) is 21.5. The standard InChI is InChI=1S/C20H23N7O4/c1-2-30-17(28)13-31-20-24-18(23-19(25-20)27-7-9-29-10-8-27)26-22-12-14-11-21-16-6-4-3-5-15(14)16/h3-6,11-12,21H,2,7-10,13H2,1H3,(H,23,24,25,26)/b22-12+. The molecule has 31 heavy (non-hydrogen) atoms. The second-order valence-corrected chi connectivity index (χ2v) is 6.59. The highest BCUT2D eigenvalue weighted by atomic mass is 16.6. The first-order valence-corrected chi connectivity index (χ1v) is 9.95. The minimum absolute atomic E-state index is 0.00865. The van der Waals surface area contributed by atoms with Crippen LogP contribution in [-0.2, 0) is 14.3 Å². The van der Waals surface area contributed by atoms with Crippen LogP contribution >= 0.6 is 0 Å². The summed E-state index contributed by atoms with van der Waals surface area (Å²) in [6, 6.07) is 7.94. The number of benzene rings is 1.